The predicted octanol–water partition coefficient (Wildman–Crippen LogP) is 2.41. The van der Waals surface area contributed by atoms with E-state index in [4.69, 9.17) is 4.74 Å². The van der Waals surface area contributed by atoms with Crippen molar-refractivity contribution in [3.63, 3.8) is 0 Å². The highest BCUT2D eigenvalue weighted by molar-refractivity contribution is 8.07. The van der Waals surface area contributed by atoms with Crippen molar-refractivity contribution in [2.24, 2.45) is 0 Å². The van der Waals surface area contributed by atoms with E-state index in [0.717, 1.165) is 16.3 Å². The molecule has 0 saturated heterocycles. The average molecular weight is 293 g/mol. The van der Waals surface area contributed by atoms with Gasteiger partial charge in [-0.2, -0.15) is 0 Å². The normalized spacial score (nSPS) is 14.8. The molecule has 5 nitrogen and oxygen atoms in total. The van der Waals surface area contributed by atoms with Crippen LogP contribution in [0.1, 0.15) is 26.5 Å². The summed E-state index contributed by atoms with van der Waals surface area (Å²) in [6, 6.07) is 3.82. The van der Waals surface area contributed by atoms with E-state index in [-0.39, 0.29) is 5.97 Å². The van der Waals surface area contributed by atoms with Crippen molar-refractivity contribution < 1.29 is 9.53 Å². The quantitative estimate of drug-likeness (QED) is 0.845. The second-order valence-corrected chi connectivity index (χ2v) is 6.27. The minimum Gasteiger partial charge on any atom is -0.455 e. The van der Waals surface area contributed by atoms with Crippen molar-refractivity contribution in [2.45, 2.75) is 26.4 Å². The van der Waals surface area contributed by atoms with Gasteiger partial charge in [-0.15, -0.1) is 11.8 Å². The van der Waals surface area contributed by atoms with Crippen LogP contribution < -0.4 is 10.4 Å². The number of pyridine rings is 1. The van der Waals surface area contributed by atoms with Crippen LogP contribution in [0.15, 0.2) is 24.0 Å². The number of aromatic nitrogens is 1. The maximum atomic E-state index is 12.3. The molecule has 0 bridgehead atoms. The van der Waals surface area contributed by atoms with Gasteiger partial charge in [0.1, 0.15) is 11.3 Å². The number of hydrogen-bond acceptors (Lipinski definition) is 6. The number of rotatable bonds is 2. The number of hydrazine groups is 1. The number of carbonyl (C=O) groups excluding carboxylic acids is 1. The van der Waals surface area contributed by atoms with Crippen LogP contribution in [0.5, 0.6) is 0 Å². The van der Waals surface area contributed by atoms with Crippen LogP contribution in [-0.4, -0.2) is 29.9 Å². The highest BCUT2D eigenvalue weighted by Crippen LogP contribution is 2.36. The van der Waals surface area contributed by atoms with Crippen LogP contribution >= 0.6 is 11.8 Å². The van der Waals surface area contributed by atoms with Gasteiger partial charge in [-0.3, -0.25) is 15.4 Å². The Hall–Kier alpha value is -1.69. The van der Waals surface area contributed by atoms with Crippen LogP contribution in [-0.2, 0) is 9.53 Å². The van der Waals surface area contributed by atoms with Gasteiger partial charge in [0.15, 0.2) is 5.70 Å². The summed E-state index contributed by atoms with van der Waals surface area (Å²) >= 11 is 1.48. The summed E-state index contributed by atoms with van der Waals surface area (Å²) in [6.07, 6.45) is 3.64. The number of ether oxygens (including phenoxy) is 1. The number of fused-ring (bicyclic) bond motifs is 1. The zero-order valence-corrected chi connectivity index (χ0v) is 13.2. The summed E-state index contributed by atoms with van der Waals surface area (Å²) in [7, 11) is 1.85. The first-order valence-electron chi connectivity index (χ1n) is 6.31. The molecule has 1 aliphatic heterocycles. The third kappa shape index (κ3) is 2.90. The van der Waals surface area contributed by atoms with E-state index < -0.39 is 5.60 Å². The molecule has 0 fully saturated rings. The Morgan fingerprint density at radius 1 is 1.45 bits per heavy atom. The molecule has 0 radical (unpaired) electrons. The number of esters is 1. The maximum Gasteiger partial charge on any atom is 0.358 e. The molecule has 6 heteroatoms. The number of hydrogen-bond donors (Lipinski definition) is 1. The number of nitrogens with zero attached hydrogens (tertiary/aromatic N) is 2. The lowest BCUT2D eigenvalue weighted by Gasteiger charge is -2.31. The van der Waals surface area contributed by atoms with Crippen molar-refractivity contribution in [3.05, 3.63) is 29.7 Å². The highest BCUT2D eigenvalue weighted by Gasteiger charge is 2.30. The van der Waals surface area contributed by atoms with E-state index in [0.29, 0.717) is 5.70 Å². The van der Waals surface area contributed by atoms with E-state index in [1.807, 2.05) is 46.2 Å². The van der Waals surface area contributed by atoms with Gasteiger partial charge in [0.05, 0.1) is 10.6 Å². The molecule has 0 spiro atoms. The second-order valence-electron chi connectivity index (χ2n) is 5.45. The summed E-state index contributed by atoms with van der Waals surface area (Å²) in [5, 5.41) is 1.78. The van der Waals surface area contributed by atoms with Gasteiger partial charge < -0.3 is 4.74 Å². The molecule has 0 aromatic carbocycles. The largest absolute Gasteiger partial charge is 0.455 e. The molecule has 2 heterocycles. The Labute approximate surface area is 123 Å². The molecule has 0 amide bonds. The molecule has 2 rings (SSSR count). The molecular weight excluding hydrogens is 274 g/mol. The number of nitrogens with one attached hydrogen (secondary N) is 1. The summed E-state index contributed by atoms with van der Waals surface area (Å²) in [5.41, 5.74) is 4.70. The zero-order chi connectivity index (χ0) is 14.9. The van der Waals surface area contributed by atoms with E-state index in [2.05, 4.69) is 10.4 Å². The van der Waals surface area contributed by atoms with Gasteiger partial charge in [0, 0.05) is 13.2 Å². The van der Waals surface area contributed by atoms with Gasteiger partial charge in [-0.1, -0.05) is 0 Å². The lowest BCUT2D eigenvalue weighted by molar-refractivity contribution is -0.150. The molecular formula is C14H19N3O2S. The summed E-state index contributed by atoms with van der Waals surface area (Å²) in [4.78, 5) is 17.5. The number of anilines is 1. The van der Waals surface area contributed by atoms with Gasteiger partial charge >= 0.3 is 5.97 Å². The topological polar surface area (TPSA) is 54.5 Å². The van der Waals surface area contributed by atoms with E-state index in [9.17, 15) is 4.79 Å². The average Bonchev–Trinajstić information content (AvgIpc) is 2.36. The summed E-state index contributed by atoms with van der Waals surface area (Å²) in [5.74, 6) is -0.370. The Bertz CT molecular complexity index is 564. The second kappa shape index (κ2) is 5.36. The van der Waals surface area contributed by atoms with Crippen molar-refractivity contribution in [2.75, 3.05) is 18.3 Å². The molecule has 1 aromatic heterocycles. The molecule has 0 unspecified atom stereocenters. The molecule has 0 saturated carbocycles. The van der Waals surface area contributed by atoms with E-state index in [1.165, 1.54) is 11.8 Å². The maximum absolute atomic E-state index is 12.3. The minimum atomic E-state index is -0.530. The Morgan fingerprint density at radius 3 is 2.75 bits per heavy atom. The van der Waals surface area contributed by atoms with Crippen LogP contribution in [0.2, 0.25) is 0 Å². The molecule has 108 valence electrons. The lowest BCUT2D eigenvalue weighted by Crippen LogP contribution is -2.42. The highest BCUT2D eigenvalue weighted by atomic mass is 32.2. The zero-order valence-electron chi connectivity index (χ0n) is 12.4. The Balaban J connectivity index is 2.46. The molecule has 0 aliphatic carbocycles. The third-order valence-electron chi connectivity index (χ3n) is 2.68. The SMILES string of the molecule is CSC1=C(C(=O)OC(C)(C)C)NN(C)c2cccnc21. The first kappa shape index (κ1) is 14.7. The van der Waals surface area contributed by atoms with Crippen LogP contribution in [0, 0.1) is 0 Å². The Morgan fingerprint density at radius 2 is 2.15 bits per heavy atom. The van der Waals surface area contributed by atoms with Crippen LogP contribution in [0.3, 0.4) is 0 Å². The smallest absolute Gasteiger partial charge is 0.358 e. The van der Waals surface area contributed by atoms with Crippen molar-refractivity contribution in [3.8, 4) is 0 Å². The summed E-state index contributed by atoms with van der Waals surface area (Å²) in [6.45, 7) is 5.55. The summed E-state index contributed by atoms with van der Waals surface area (Å²) < 4.78 is 5.45. The lowest BCUT2D eigenvalue weighted by atomic mass is 10.2. The third-order valence-corrected chi connectivity index (χ3v) is 3.48. The van der Waals surface area contributed by atoms with Gasteiger partial charge in [0.25, 0.3) is 0 Å². The van der Waals surface area contributed by atoms with Crippen molar-refractivity contribution in [1.29, 1.82) is 0 Å². The first-order chi connectivity index (χ1) is 9.33. The Kier molecular flexibility index (Phi) is 3.94. The fourth-order valence-corrected chi connectivity index (χ4v) is 2.59. The van der Waals surface area contributed by atoms with Gasteiger partial charge in [0.2, 0.25) is 0 Å². The fraction of sp³-hybridized carbons (Fsp3) is 0.429. The monoisotopic (exact) mass is 293 g/mol. The van der Waals surface area contributed by atoms with Crippen LogP contribution in [0.4, 0.5) is 5.69 Å². The van der Waals surface area contributed by atoms with E-state index in [1.54, 1.807) is 11.2 Å². The van der Waals surface area contributed by atoms with Crippen molar-refractivity contribution in [1.82, 2.24) is 10.4 Å². The molecule has 0 atom stereocenters. The van der Waals surface area contributed by atoms with E-state index >= 15 is 0 Å². The standard InChI is InChI=1S/C14H19N3O2S/c1-14(2,3)19-13(18)11-12(20-5)10-9(17(4)16-11)7-6-8-15-10/h6-8,16H,1-5H3. The van der Waals surface area contributed by atoms with Gasteiger partial charge in [-0.05, 0) is 39.2 Å². The molecule has 20 heavy (non-hydrogen) atoms. The predicted molar refractivity (Wildman–Crippen MR) is 82.1 cm³/mol. The molecule has 1 aliphatic rings. The van der Waals surface area contributed by atoms with Crippen molar-refractivity contribution >= 4 is 28.3 Å². The van der Waals surface area contributed by atoms with Crippen LogP contribution in [0.25, 0.3) is 4.91 Å². The molecule has 1 aromatic rings. The number of carbonyl (C=O) groups is 1. The fourth-order valence-electron chi connectivity index (χ4n) is 1.91. The van der Waals surface area contributed by atoms with Gasteiger partial charge in [-0.25, -0.2) is 4.79 Å². The first-order valence-corrected chi connectivity index (χ1v) is 7.53. The molecule has 1 N–H and O–H groups in total. The minimum absolute atomic E-state index is 0.370. The number of thioether (sulfide) groups is 1.